The molecule has 0 bridgehead atoms. The van der Waals surface area contributed by atoms with Crippen LogP contribution in [0.2, 0.25) is 5.02 Å². The van der Waals surface area contributed by atoms with Crippen LogP contribution >= 0.6 is 11.6 Å². The Morgan fingerprint density at radius 2 is 1.71 bits per heavy atom. The average molecular weight is 403 g/mol. The fourth-order valence-electron chi connectivity index (χ4n) is 2.71. The first-order valence-electron chi connectivity index (χ1n) is 8.79. The molecule has 2 aromatic rings. The van der Waals surface area contributed by atoms with Crippen molar-refractivity contribution in [2.45, 2.75) is 39.3 Å². The summed E-state index contributed by atoms with van der Waals surface area (Å²) >= 11 is 5.87. The first kappa shape index (κ1) is 21.4. The molecule has 6 nitrogen and oxygen atoms in total. The van der Waals surface area contributed by atoms with E-state index >= 15 is 0 Å². The van der Waals surface area contributed by atoms with Gasteiger partial charge in [-0.1, -0.05) is 35.9 Å². The molecule has 0 fully saturated rings. The van der Waals surface area contributed by atoms with Crippen LogP contribution in [0.4, 0.5) is 4.79 Å². The van der Waals surface area contributed by atoms with Crippen LogP contribution in [0.15, 0.2) is 42.5 Å². The second kappa shape index (κ2) is 9.37. The van der Waals surface area contributed by atoms with E-state index in [2.05, 4.69) is 5.32 Å². The van der Waals surface area contributed by atoms with E-state index in [0.717, 1.165) is 11.1 Å². The molecular formula is C21H23ClN2O4. The number of benzene rings is 2. The summed E-state index contributed by atoms with van der Waals surface area (Å²) in [7, 11) is 0. The van der Waals surface area contributed by atoms with Crippen LogP contribution in [-0.4, -0.2) is 23.9 Å². The lowest BCUT2D eigenvalue weighted by molar-refractivity contribution is -0.146. The Labute approximate surface area is 169 Å². The van der Waals surface area contributed by atoms with Crippen LogP contribution < -0.4 is 11.1 Å². The van der Waals surface area contributed by atoms with Gasteiger partial charge in [0.25, 0.3) is 0 Å². The lowest BCUT2D eigenvalue weighted by atomic mass is 10.0. The third-order valence-corrected chi connectivity index (χ3v) is 4.68. The minimum Gasteiger partial charge on any atom is -0.454 e. The summed E-state index contributed by atoms with van der Waals surface area (Å²) < 4.78 is 5.29. The molecule has 2 unspecified atom stereocenters. The van der Waals surface area contributed by atoms with Crippen LogP contribution in [0.5, 0.6) is 0 Å². The number of nitrogens with two attached hydrogens (primary N) is 1. The van der Waals surface area contributed by atoms with Gasteiger partial charge in [0.15, 0.2) is 6.10 Å². The molecule has 148 valence electrons. The number of ketones is 1. The number of carbonyl (C=O) groups excluding carboxylic acids is 3. The van der Waals surface area contributed by atoms with Crippen molar-refractivity contribution in [2.75, 3.05) is 0 Å². The summed E-state index contributed by atoms with van der Waals surface area (Å²) in [6, 6.07) is 10.5. The van der Waals surface area contributed by atoms with Crippen molar-refractivity contribution in [3.8, 4) is 0 Å². The molecule has 0 aliphatic rings. The molecule has 0 aliphatic carbocycles. The van der Waals surface area contributed by atoms with Gasteiger partial charge in [-0.25, -0.2) is 4.79 Å². The SMILES string of the molecule is Cc1ccc(C(=O)C(C)OC(=O)CC(NC(N)=O)c2ccc(Cl)cc2)cc1C. The average Bonchev–Trinajstić information content (AvgIpc) is 2.63. The number of carbonyl (C=O) groups is 3. The molecule has 3 N–H and O–H groups in total. The Morgan fingerprint density at radius 1 is 1.07 bits per heavy atom. The first-order chi connectivity index (χ1) is 13.2. The summed E-state index contributed by atoms with van der Waals surface area (Å²) in [5.74, 6) is -0.916. The van der Waals surface area contributed by atoms with E-state index in [1.165, 1.54) is 6.92 Å². The smallest absolute Gasteiger partial charge is 0.312 e. The Bertz CT molecular complexity index is 880. The van der Waals surface area contributed by atoms with Crippen molar-refractivity contribution in [2.24, 2.45) is 5.73 Å². The number of amides is 2. The molecule has 2 amide bonds. The second-order valence-electron chi connectivity index (χ2n) is 6.61. The zero-order chi connectivity index (χ0) is 20.8. The largest absolute Gasteiger partial charge is 0.454 e. The van der Waals surface area contributed by atoms with Gasteiger partial charge in [0.2, 0.25) is 5.78 Å². The number of esters is 1. The van der Waals surface area contributed by atoms with Crippen molar-refractivity contribution in [1.29, 1.82) is 0 Å². The number of aryl methyl sites for hydroxylation is 2. The number of ether oxygens (including phenoxy) is 1. The van der Waals surface area contributed by atoms with E-state index in [1.54, 1.807) is 36.4 Å². The first-order valence-corrected chi connectivity index (χ1v) is 9.17. The number of rotatable bonds is 7. The third kappa shape index (κ3) is 5.82. The zero-order valence-electron chi connectivity index (χ0n) is 16.0. The van der Waals surface area contributed by atoms with E-state index in [1.807, 2.05) is 19.9 Å². The maximum Gasteiger partial charge on any atom is 0.312 e. The van der Waals surface area contributed by atoms with Crippen LogP contribution in [0.3, 0.4) is 0 Å². The number of hydrogen-bond acceptors (Lipinski definition) is 4. The van der Waals surface area contributed by atoms with E-state index in [-0.39, 0.29) is 12.2 Å². The summed E-state index contributed by atoms with van der Waals surface area (Å²) in [5, 5.41) is 3.03. The molecule has 0 spiro atoms. The summed E-state index contributed by atoms with van der Waals surface area (Å²) in [6.07, 6.45) is -1.12. The molecule has 0 radical (unpaired) electrons. The Balaban J connectivity index is 2.06. The van der Waals surface area contributed by atoms with Crippen LogP contribution in [0, 0.1) is 13.8 Å². The summed E-state index contributed by atoms with van der Waals surface area (Å²) in [5.41, 5.74) is 8.39. The standard InChI is InChI=1S/C21H23ClN2O4/c1-12-4-5-16(10-13(12)2)20(26)14(3)28-19(25)11-18(24-21(23)27)15-6-8-17(22)9-7-15/h4-10,14,18H,11H2,1-3H3,(H3,23,24,27). The molecular weight excluding hydrogens is 380 g/mol. The number of primary amides is 1. The number of urea groups is 1. The fraction of sp³-hybridized carbons (Fsp3) is 0.286. The lowest BCUT2D eigenvalue weighted by Crippen LogP contribution is -2.35. The molecule has 2 aromatic carbocycles. The van der Waals surface area contributed by atoms with Gasteiger partial charge in [-0.3, -0.25) is 9.59 Å². The quantitative estimate of drug-likeness (QED) is 0.542. The maximum absolute atomic E-state index is 12.5. The van der Waals surface area contributed by atoms with Crippen molar-refractivity contribution in [3.63, 3.8) is 0 Å². The Morgan fingerprint density at radius 3 is 2.29 bits per heavy atom. The monoisotopic (exact) mass is 402 g/mol. The van der Waals surface area contributed by atoms with Crippen molar-refractivity contribution in [1.82, 2.24) is 5.32 Å². The lowest BCUT2D eigenvalue weighted by Gasteiger charge is -2.19. The zero-order valence-corrected chi connectivity index (χ0v) is 16.7. The van der Waals surface area contributed by atoms with Gasteiger partial charge in [-0.15, -0.1) is 0 Å². The highest BCUT2D eigenvalue weighted by Crippen LogP contribution is 2.21. The molecule has 0 aromatic heterocycles. The van der Waals surface area contributed by atoms with Gasteiger partial charge in [-0.2, -0.15) is 0 Å². The van der Waals surface area contributed by atoms with Gasteiger partial charge in [0.1, 0.15) is 0 Å². The highest BCUT2D eigenvalue weighted by molar-refractivity contribution is 6.30. The number of nitrogens with one attached hydrogen (secondary N) is 1. The van der Waals surface area contributed by atoms with E-state index in [4.69, 9.17) is 22.1 Å². The minimum atomic E-state index is -0.950. The Kier molecular flexibility index (Phi) is 7.18. The van der Waals surface area contributed by atoms with E-state index in [0.29, 0.717) is 16.1 Å². The minimum absolute atomic E-state index is 0.172. The van der Waals surface area contributed by atoms with Gasteiger partial charge in [0, 0.05) is 10.6 Å². The topological polar surface area (TPSA) is 98.5 Å². The highest BCUT2D eigenvalue weighted by Gasteiger charge is 2.23. The summed E-state index contributed by atoms with van der Waals surface area (Å²) in [6.45, 7) is 5.39. The van der Waals surface area contributed by atoms with Crippen molar-refractivity contribution < 1.29 is 19.1 Å². The molecule has 0 heterocycles. The van der Waals surface area contributed by atoms with Crippen LogP contribution in [-0.2, 0) is 9.53 Å². The van der Waals surface area contributed by atoms with Gasteiger partial charge >= 0.3 is 12.0 Å². The normalized spacial score (nSPS) is 12.7. The van der Waals surface area contributed by atoms with E-state index < -0.39 is 24.1 Å². The number of Topliss-reactive ketones (excluding diaryl/α,β-unsaturated/α-hetero) is 1. The van der Waals surface area contributed by atoms with Crippen LogP contribution in [0.25, 0.3) is 0 Å². The molecule has 0 saturated heterocycles. The predicted molar refractivity (Wildman–Crippen MR) is 107 cm³/mol. The van der Waals surface area contributed by atoms with Crippen LogP contribution in [0.1, 0.15) is 46.4 Å². The maximum atomic E-state index is 12.5. The second-order valence-corrected chi connectivity index (χ2v) is 7.05. The number of hydrogen-bond donors (Lipinski definition) is 2. The number of halogens is 1. The van der Waals surface area contributed by atoms with Gasteiger partial charge < -0.3 is 15.8 Å². The van der Waals surface area contributed by atoms with Gasteiger partial charge in [0.05, 0.1) is 12.5 Å². The molecule has 28 heavy (non-hydrogen) atoms. The predicted octanol–water partition coefficient (Wildman–Crippen LogP) is 3.87. The van der Waals surface area contributed by atoms with Gasteiger partial charge in [-0.05, 0) is 55.7 Å². The molecule has 0 saturated carbocycles. The molecule has 0 aliphatic heterocycles. The van der Waals surface area contributed by atoms with Crippen molar-refractivity contribution >= 4 is 29.4 Å². The van der Waals surface area contributed by atoms with E-state index in [9.17, 15) is 14.4 Å². The third-order valence-electron chi connectivity index (χ3n) is 4.43. The Hall–Kier alpha value is -2.86. The fourth-order valence-corrected chi connectivity index (χ4v) is 2.84. The molecule has 2 atom stereocenters. The van der Waals surface area contributed by atoms with Crippen molar-refractivity contribution in [3.05, 3.63) is 69.7 Å². The molecule has 7 heteroatoms. The molecule has 2 rings (SSSR count). The summed E-state index contributed by atoms with van der Waals surface area (Å²) in [4.78, 5) is 36.2. The highest BCUT2D eigenvalue weighted by atomic mass is 35.5.